The minimum atomic E-state index is -1.18. The van der Waals surface area contributed by atoms with Gasteiger partial charge in [0.1, 0.15) is 5.54 Å². The van der Waals surface area contributed by atoms with E-state index in [0.717, 1.165) is 19.3 Å². The molecule has 0 radical (unpaired) electrons. The molecule has 21 heavy (non-hydrogen) atoms. The van der Waals surface area contributed by atoms with E-state index in [1.54, 1.807) is 0 Å². The zero-order chi connectivity index (χ0) is 15.5. The van der Waals surface area contributed by atoms with E-state index in [9.17, 15) is 19.5 Å². The van der Waals surface area contributed by atoms with Gasteiger partial charge in [-0.1, -0.05) is 19.3 Å². The van der Waals surface area contributed by atoms with Crippen LogP contribution in [-0.2, 0) is 4.79 Å². The first kappa shape index (κ1) is 15.0. The summed E-state index contributed by atoms with van der Waals surface area (Å²) < 4.78 is 0. The molecular formula is C15H18N2O4. The van der Waals surface area contributed by atoms with E-state index < -0.39 is 23.3 Å². The molecule has 1 aliphatic carbocycles. The number of carbonyl (C=O) groups excluding carboxylic acids is 2. The van der Waals surface area contributed by atoms with Gasteiger partial charge in [-0.2, -0.15) is 0 Å². The van der Waals surface area contributed by atoms with Crippen molar-refractivity contribution in [1.29, 1.82) is 0 Å². The Morgan fingerprint density at radius 1 is 1.00 bits per heavy atom. The Morgan fingerprint density at radius 2 is 1.52 bits per heavy atom. The van der Waals surface area contributed by atoms with Crippen LogP contribution in [0.2, 0.25) is 0 Å². The molecule has 0 aromatic heterocycles. The molecule has 2 rings (SSSR count). The normalized spacial score (nSPS) is 17.0. The van der Waals surface area contributed by atoms with Gasteiger partial charge in [0.15, 0.2) is 0 Å². The van der Waals surface area contributed by atoms with E-state index >= 15 is 0 Å². The van der Waals surface area contributed by atoms with Crippen LogP contribution in [0.15, 0.2) is 24.3 Å². The Labute approximate surface area is 122 Å². The van der Waals surface area contributed by atoms with Gasteiger partial charge in [-0.3, -0.25) is 9.59 Å². The van der Waals surface area contributed by atoms with Crippen molar-refractivity contribution in [2.24, 2.45) is 5.73 Å². The molecule has 6 nitrogen and oxygen atoms in total. The number of nitrogens with one attached hydrogen (secondary N) is 1. The van der Waals surface area contributed by atoms with Crippen LogP contribution in [0.1, 0.15) is 52.8 Å². The van der Waals surface area contributed by atoms with Crippen LogP contribution in [0.25, 0.3) is 0 Å². The summed E-state index contributed by atoms with van der Waals surface area (Å²) in [6, 6.07) is 5.83. The monoisotopic (exact) mass is 290 g/mol. The molecule has 1 saturated carbocycles. The van der Waals surface area contributed by atoms with Gasteiger partial charge in [-0.25, -0.2) is 4.79 Å². The summed E-state index contributed by atoms with van der Waals surface area (Å²) in [6.07, 6.45) is 3.43. The van der Waals surface area contributed by atoms with Crippen LogP contribution in [0, 0.1) is 0 Å². The number of carbonyl (C=O) groups is 3. The molecule has 1 aromatic rings. The summed E-state index contributed by atoms with van der Waals surface area (Å²) in [6.45, 7) is 0. The largest absolute Gasteiger partial charge is 0.480 e. The highest BCUT2D eigenvalue weighted by Gasteiger charge is 2.41. The number of amides is 2. The van der Waals surface area contributed by atoms with Crippen molar-refractivity contribution in [3.05, 3.63) is 35.4 Å². The van der Waals surface area contributed by atoms with E-state index in [1.807, 2.05) is 0 Å². The number of rotatable bonds is 4. The number of aliphatic carboxylic acids is 1. The van der Waals surface area contributed by atoms with Gasteiger partial charge >= 0.3 is 5.97 Å². The minimum absolute atomic E-state index is 0.303. The highest BCUT2D eigenvalue weighted by atomic mass is 16.4. The molecule has 0 bridgehead atoms. The molecule has 2 amide bonds. The molecule has 1 fully saturated rings. The molecular weight excluding hydrogens is 272 g/mol. The van der Waals surface area contributed by atoms with Crippen molar-refractivity contribution < 1.29 is 19.5 Å². The number of carboxylic acids is 1. The molecule has 0 saturated heterocycles. The highest BCUT2D eigenvalue weighted by Crippen LogP contribution is 2.28. The predicted molar refractivity (Wildman–Crippen MR) is 75.9 cm³/mol. The molecule has 112 valence electrons. The van der Waals surface area contributed by atoms with E-state index in [4.69, 9.17) is 5.73 Å². The molecule has 0 aliphatic heterocycles. The Kier molecular flexibility index (Phi) is 4.26. The third-order valence-corrected chi connectivity index (χ3v) is 3.90. The summed E-state index contributed by atoms with van der Waals surface area (Å²) in [7, 11) is 0. The van der Waals surface area contributed by atoms with Gasteiger partial charge < -0.3 is 16.2 Å². The summed E-state index contributed by atoms with van der Waals surface area (Å²) in [5, 5.41) is 12.1. The van der Waals surface area contributed by atoms with Gasteiger partial charge in [0.05, 0.1) is 0 Å². The van der Waals surface area contributed by atoms with E-state index in [-0.39, 0.29) is 0 Å². The van der Waals surface area contributed by atoms with Crippen molar-refractivity contribution in [2.75, 3.05) is 0 Å². The second kappa shape index (κ2) is 5.95. The molecule has 1 aromatic carbocycles. The maximum Gasteiger partial charge on any atom is 0.329 e. The maximum absolute atomic E-state index is 12.2. The Balaban J connectivity index is 2.15. The van der Waals surface area contributed by atoms with Crippen LogP contribution < -0.4 is 11.1 Å². The summed E-state index contributed by atoms with van der Waals surface area (Å²) in [5.74, 6) is -2.02. The first-order valence-corrected chi connectivity index (χ1v) is 6.90. The predicted octanol–water partition coefficient (Wildman–Crippen LogP) is 1.30. The summed E-state index contributed by atoms with van der Waals surface area (Å²) in [5.41, 5.74) is 4.56. The van der Waals surface area contributed by atoms with Crippen molar-refractivity contribution >= 4 is 17.8 Å². The number of hydrogen-bond donors (Lipinski definition) is 3. The fraction of sp³-hybridized carbons (Fsp3) is 0.400. The molecule has 0 atom stereocenters. The molecule has 4 N–H and O–H groups in total. The fourth-order valence-electron chi connectivity index (χ4n) is 2.62. The molecule has 0 unspecified atom stereocenters. The summed E-state index contributed by atoms with van der Waals surface area (Å²) in [4.78, 5) is 34.7. The smallest absolute Gasteiger partial charge is 0.329 e. The Bertz CT molecular complexity index is 560. The lowest BCUT2D eigenvalue weighted by Gasteiger charge is -2.34. The fourth-order valence-corrected chi connectivity index (χ4v) is 2.62. The Hall–Kier alpha value is -2.37. The van der Waals surface area contributed by atoms with Gasteiger partial charge in [-0.05, 0) is 37.1 Å². The summed E-state index contributed by atoms with van der Waals surface area (Å²) >= 11 is 0. The second-order valence-corrected chi connectivity index (χ2v) is 5.34. The lowest BCUT2D eigenvalue weighted by atomic mass is 9.81. The topological polar surface area (TPSA) is 109 Å². The molecule has 0 heterocycles. The SMILES string of the molecule is NC(=O)c1ccc(C(=O)NC2(C(=O)O)CCCCC2)cc1. The van der Waals surface area contributed by atoms with Gasteiger partial charge in [-0.15, -0.1) is 0 Å². The number of nitrogens with two attached hydrogens (primary N) is 1. The maximum atomic E-state index is 12.2. The first-order chi connectivity index (χ1) is 9.94. The van der Waals surface area contributed by atoms with Gasteiger partial charge in [0, 0.05) is 11.1 Å². The van der Waals surface area contributed by atoms with Crippen molar-refractivity contribution in [3.63, 3.8) is 0 Å². The van der Waals surface area contributed by atoms with Crippen LogP contribution in [0.4, 0.5) is 0 Å². The van der Waals surface area contributed by atoms with Crippen molar-refractivity contribution in [1.82, 2.24) is 5.32 Å². The first-order valence-electron chi connectivity index (χ1n) is 6.90. The van der Waals surface area contributed by atoms with Gasteiger partial charge in [0.2, 0.25) is 5.91 Å². The molecule has 0 spiro atoms. The number of primary amides is 1. The Morgan fingerprint density at radius 3 is 2.00 bits per heavy atom. The number of hydrogen-bond acceptors (Lipinski definition) is 3. The zero-order valence-corrected chi connectivity index (χ0v) is 11.6. The van der Waals surface area contributed by atoms with Gasteiger partial charge in [0.25, 0.3) is 5.91 Å². The van der Waals surface area contributed by atoms with Crippen LogP contribution in [0.5, 0.6) is 0 Å². The minimum Gasteiger partial charge on any atom is -0.480 e. The third-order valence-electron chi connectivity index (χ3n) is 3.90. The molecule has 1 aliphatic rings. The quantitative estimate of drug-likeness (QED) is 0.776. The standard InChI is InChI=1S/C15H18N2O4/c16-12(18)10-4-6-11(7-5-10)13(19)17-15(14(20)21)8-2-1-3-9-15/h4-7H,1-3,8-9H2,(H2,16,18)(H,17,19)(H,20,21). The lowest BCUT2D eigenvalue weighted by Crippen LogP contribution is -2.55. The van der Waals surface area contributed by atoms with Crippen LogP contribution in [0.3, 0.4) is 0 Å². The van der Waals surface area contributed by atoms with Crippen LogP contribution >= 0.6 is 0 Å². The second-order valence-electron chi connectivity index (χ2n) is 5.34. The number of carboxylic acid groups (broad SMARTS) is 1. The highest BCUT2D eigenvalue weighted by molar-refractivity contribution is 5.99. The van der Waals surface area contributed by atoms with Crippen molar-refractivity contribution in [2.45, 2.75) is 37.6 Å². The third kappa shape index (κ3) is 3.21. The van der Waals surface area contributed by atoms with E-state index in [2.05, 4.69) is 5.32 Å². The average Bonchev–Trinajstić information content (AvgIpc) is 2.48. The van der Waals surface area contributed by atoms with Crippen LogP contribution in [-0.4, -0.2) is 28.4 Å². The average molecular weight is 290 g/mol. The van der Waals surface area contributed by atoms with E-state index in [1.165, 1.54) is 24.3 Å². The van der Waals surface area contributed by atoms with Crippen molar-refractivity contribution in [3.8, 4) is 0 Å². The lowest BCUT2D eigenvalue weighted by molar-refractivity contribution is -0.145. The zero-order valence-electron chi connectivity index (χ0n) is 11.6. The number of benzene rings is 1. The van der Waals surface area contributed by atoms with E-state index in [0.29, 0.717) is 24.0 Å². The molecule has 6 heteroatoms.